The van der Waals surface area contributed by atoms with Crippen molar-refractivity contribution in [2.75, 3.05) is 19.3 Å². The minimum Gasteiger partial charge on any atom is -0.480 e. The van der Waals surface area contributed by atoms with Crippen LogP contribution < -0.4 is 10.0 Å². The maximum atomic E-state index is 13.0. The molecule has 2 aromatic carbocycles. The van der Waals surface area contributed by atoms with Crippen molar-refractivity contribution in [3.63, 3.8) is 0 Å². The number of hydrogen-bond donors (Lipinski definition) is 3. The average molecular weight is 590 g/mol. The molecule has 1 atom stereocenters. The van der Waals surface area contributed by atoms with Crippen LogP contribution in [0.4, 0.5) is 0 Å². The van der Waals surface area contributed by atoms with Gasteiger partial charge in [-0.2, -0.15) is 0 Å². The average Bonchev–Trinajstić information content (AvgIpc) is 2.80. The summed E-state index contributed by atoms with van der Waals surface area (Å²) in [4.78, 5) is 43.0. The molecule has 3 rings (SSSR count). The Morgan fingerprint density at radius 2 is 1.81 bits per heavy atom. The van der Waals surface area contributed by atoms with E-state index in [-0.39, 0.29) is 33.9 Å². The second-order valence-corrected chi connectivity index (χ2v) is 11.3. The molecule has 10 nitrogen and oxygen atoms in total. The van der Waals surface area contributed by atoms with E-state index in [1.807, 2.05) is 0 Å². The number of sulfonamides is 1. The summed E-state index contributed by atoms with van der Waals surface area (Å²) in [6.45, 7) is 1.48. The third kappa shape index (κ3) is 7.35. The fourth-order valence-electron chi connectivity index (χ4n) is 3.75. The summed E-state index contributed by atoms with van der Waals surface area (Å²) in [6, 6.07) is 6.59. The zero-order valence-electron chi connectivity index (χ0n) is 19.7. The molecule has 1 aliphatic rings. The Morgan fingerprint density at radius 1 is 1.16 bits per heavy atom. The molecule has 37 heavy (non-hydrogen) atoms. The van der Waals surface area contributed by atoms with Crippen molar-refractivity contribution in [2.24, 2.45) is 4.99 Å². The van der Waals surface area contributed by atoms with E-state index >= 15 is 0 Å². The van der Waals surface area contributed by atoms with Crippen molar-refractivity contribution in [3.8, 4) is 0 Å². The lowest BCUT2D eigenvalue weighted by Crippen LogP contribution is -2.44. The smallest absolute Gasteiger partial charge is 0.328 e. The third-order valence-corrected chi connectivity index (χ3v) is 7.09. The predicted octanol–water partition coefficient (Wildman–Crippen LogP) is 3.00. The molecule has 2 aromatic rings. The quantitative estimate of drug-likeness (QED) is 0.334. The van der Waals surface area contributed by atoms with Crippen LogP contribution in [0.15, 0.2) is 35.3 Å². The van der Waals surface area contributed by atoms with Gasteiger partial charge in [0.25, 0.3) is 11.8 Å². The Bertz CT molecular complexity index is 1380. The number of amides is 2. The highest BCUT2D eigenvalue weighted by atomic mass is 35.5. The van der Waals surface area contributed by atoms with Crippen molar-refractivity contribution >= 4 is 68.4 Å². The summed E-state index contributed by atoms with van der Waals surface area (Å²) in [5.41, 5.74) is 1.68. The van der Waals surface area contributed by atoms with Gasteiger partial charge in [-0.1, -0.05) is 34.8 Å². The van der Waals surface area contributed by atoms with E-state index in [4.69, 9.17) is 34.8 Å². The number of benzene rings is 2. The van der Waals surface area contributed by atoms with Crippen molar-refractivity contribution in [1.29, 1.82) is 0 Å². The molecule has 0 aliphatic carbocycles. The van der Waals surface area contributed by atoms with Crippen LogP contribution in [-0.4, -0.2) is 67.4 Å². The van der Waals surface area contributed by atoms with Gasteiger partial charge < -0.3 is 15.3 Å². The molecule has 1 aliphatic heterocycles. The molecular formula is C23H23Cl3N4O6S. The Hall–Kier alpha value is -2.86. The topological polar surface area (TPSA) is 145 Å². The first-order valence-corrected chi connectivity index (χ1v) is 13.9. The molecule has 0 saturated heterocycles. The summed E-state index contributed by atoms with van der Waals surface area (Å²) in [6.07, 6.45) is 1.28. The molecule has 0 fully saturated rings. The third-order valence-electron chi connectivity index (χ3n) is 5.46. The first kappa shape index (κ1) is 28.7. The number of carboxylic acids is 1. The van der Waals surface area contributed by atoms with Gasteiger partial charge in [-0.3, -0.25) is 19.3 Å². The van der Waals surface area contributed by atoms with Crippen LogP contribution in [0.3, 0.4) is 0 Å². The molecule has 0 radical (unpaired) electrons. The molecule has 0 saturated carbocycles. The van der Waals surface area contributed by atoms with E-state index < -0.39 is 34.5 Å². The SMILES string of the molecule is CC(=NC[C@H](NC(=O)c1c(Cl)cc2c(c1Cl)CCN(C(=O)c1ccc(Cl)cc1)C2)C(=O)O)NS(C)(=O)=O. The highest BCUT2D eigenvalue weighted by Crippen LogP contribution is 2.35. The normalized spacial score (nSPS) is 14.5. The standard InChI is InChI=1S/C23H23Cl3N4O6S/c1-12(29-37(2,35)36)27-10-18(23(33)34)28-21(31)19-17(25)9-14-11-30(8-7-16(14)20(19)26)22(32)13-3-5-15(24)6-4-13/h3-6,9,18H,7-8,10-11H2,1-2H3,(H,27,29)(H,28,31)(H,33,34)/t18-/m0/s1. The number of rotatable bonds is 7. The van der Waals surface area contributed by atoms with Gasteiger partial charge in [-0.15, -0.1) is 0 Å². The van der Waals surface area contributed by atoms with Gasteiger partial charge in [0.05, 0.1) is 28.4 Å². The summed E-state index contributed by atoms with van der Waals surface area (Å²) < 4.78 is 24.7. The van der Waals surface area contributed by atoms with Gasteiger partial charge in [-0.25, -0.2) is 13.2 Å². The van der Waals surface area contributed by atoms with E-state index in [1.165, 1.54) is 13.0 Å². The van der Waals surface area contributed by atoms with E-state index in [2.05, 4.69) is 15.0 Å². The minimum absolute atomic E-state index is 0.00962. The van der Waals surface area contributed by atoms with Crippen molar-refractivity contribution in [3.05, 3.63) is 67.7 Å². The van der Waals surface area contributed by atoms with Gasteiger partial charge in [0.15, 0.2) is 0 Å². The molecule has 14 heteroatoms. The highest BCUT2D eigenvalue weighted by molar-refractivity contribution is 7.89. The van der Waals surface area contributed by atoms with Crippen molar-refractivity contribution in [2.45, 2.75) is 25.9 Å². The molecular weight excluding hydrogens is 567 g/mol. The molecule has 3 N–H and O–H groups in total. The highest BCUT2D eigenvalue weighted by Gasteiger charge is 2.29. The molecule has 0 aromatic heterocycles. The fourth-order valence-corrected chi connectivity index (χ4v) is 5.24. The number of hydrogen-bond acceptors (Lipinski definition) is 6. The number of carboxylic acid groups (broad SMARTS) is 1. The Kier molecular flexibility index (Phi) is 9.06. The van der Waals surface area contributed by atoms with E-state index in [0.717, 1.165) is 6.26 Å². The van der Waals surface area contributed by atoms with E-state index in [1.54, 1.807) is 29.2 Å². The fraction of sp³-hybridized carbons (Fsp3) is 0.304. The number of aliphatic imine (C=N–C) groups is 1. The second kappa shape index (κ2) is 11.7. The predicted molar refractivity (Wildman–Crippen MR) is 141 cm³/mol. The number of fused-ring (bicyclic) bond motifs is 1. The Labute approximate surface area is 228 Å². The van der Waals surface area contributed by atoms with Gasteiger partial charge in [-0.05, 0) is 54.8 Å². The van der Waals surface area contributed by atoms with Crippen molar-refractivity contribution in [1.82, 2.24) is 14.9 Å². The number of halogens is 3. The monoisotopic (exact) mass is 588 g/mol. The largest absolute Gasteiger partial charge is 0.480 e. The van der Waals surface area contributed by atoms with Crippen LogP contribution in [0, 0.1) is 0 Å². The van der Waals surface area contributed by atoms with E-state index in [0.29, 0.717) is 34.7 Å². The number of carbonyl (C=O) groups excluding carboxylic acids is 2. The van der Waals surface area contributed by atoms with E-state index in [9.17, 15) is 27.9 Å². The molecule has 0 bridgehead atoms. The Morgan fingerprint density at radius 3 is 2.41 bits per heavy atom. The number of nitrogens with one attached hydrogen (secondary N) is 2. The zero-order chi connectivity index (χ0) is 27.5. The van der Waals surface area contributed by atoms with Crippen LogP contribution in [0.25, 0.3) is 0 Å². The maximum absolute atomic E-state index is 13.0. The van der Waals surface area contributed by atoms with Crippen LogP contribution >= 0.6 is 34.8 Å². The number of aliphatic carboxylic acids is 1. The van der Waals surface area contributed by atoms with Crippen LogP contribution in [0.1, 0.15) is 38.8 Å². The summed E-state index contributed by atoms with van der Waals surface area (Å²) >= 11 is 18.8. The van der Waals surface area contributed by atoms with Gasteiger partial charge in [0.1, 0.15) is 11.9 Å². The first-order valence-electron chi connectivity index (χ1n) is 10.8. The molecule has 0 spiro atoms. The minimum atomic E-state index is -3.58. The number of nitrogens with zero attached hydrogens (tertiary/aromatic N) is 2. The zero-order valence-corrected chi connectivity index (χ0v) is 22.8. The lowest BCUT2D eigenvalue weighted by molar-refractivity contribution is -0.138. The molecule has 0 unspecified atom stereocenters. The first-order chi connectivity index (χ1) is 17.3. The van der Waals surface area contributed by atoms with Gasteiger partial charge in [0.2, 0.25) is 10.0 Å². The molecule has 2 amide bonds. The van der Waals surface area contributed by atoms with Gasteiger partial charge in [0, 0.05) is 23.7 Å². The summed E-state index contributed by atoms with van der Waals surface area (Å²) in [5.74, 6) is -2.44. The number of carbonyl (C=O) groups is 3. The van der Waals surface area contributed by atoms with Gasteiger partial charge >= 0.3 is 5.97 Å². The lowest BCUT2D eigenvalue weighted by atomic mass is 9.96. The van der Waals surface area contributed by atoms with Crippen LogP contribution in [0.5, 0.6) is 0 Å². The van der Waals surface area contributed by atoms with Crippen LogP contribution in [0.2, 0.25) is 15.1 Å². The van der Waals surface area contributed by atoms with Crippen molar-refractivity contribution < 1.29 is 27.9 Å². The van der Waals surface area contributed by atoms with Crippen LogP contribution in [-0.2, 0) is 27.8 Å². The summed E-state index contributed by atoms with van der Waals surface area (Å²) in [5, 5.41) is 12.4. The molecule has 1 heterocycles. The summed E-state index contributed by atoms with van der Waals surface area (Å²) in [7, 11) is -3.58. The Balaban J connectivity index is 1.79. The maximum Gasteiger partial charge on any atom is 0.328 e. The second-order valence-electron chi connectivity index (χ2n) is 8.33. The lowest BCUT2D eigenvalue weighted by Gasteiger charge is -2.30. The molecule has 198 valence electrons. The number of amidine groups is 1.